The van der Waals surface area contributed by atoms with Crippen molar-refractivity contribution in [3.05, 3.63) is 65.4 Å². The topological polar surface area (TPSA) is 42.4 Å². The van der Waals surface area contributed by atoms with Gasteiger partial charge >= 0.3 is 0 Å². The van der Waals surface area contributed by atoms with Gasteiger partial charge in [-0.3, -0.25) is 4.79 Å². The summed E-state index contributed by atoms with van der Waals surface area (Å²) >= 11 is 1.26. The van der Waals surface area contributed by atoms with Crippen molar-refractivity contribution in [3.63, 3.8) is 0 Å². The van der Waals surface area contributed by atoms with Gasteiger partial charge in [0.2, 0.25) is 5.88 Å². The van der Waals surface area contributed by atoms with Crippen LogP contribution >= 0.6 is 11.3 Å². The molecular formula is C18H15FN2O2S. The average molecular weight is 342 g/mol. The number of aromatic nitrogens is 1. The second kappa shape index (κ2) is 6.80. The van der Waals surface area contributed by atoms with Crippen LogP contribution in [0.2, 0.25) is 0 Å². The van der Waals surface area contributed by atoms with Crippen LogP contribution in [0.4, 0.5) is 10.1 Å². The highest BCUT2D eigenvalue weighted by Gasteiger charge is 2.17. The molecule has 0 N–H and O–H groups in total. The highest BCUT2D eigenvalue weighted by molar-refractivity contribution is 7.17. The Morgan fingerprint density at radius 2 is 1.96 bits per heavy atom. The van der Waals surface area contributed by atoms with Crippen LogP contribution in [0.3, 0.4) is 0 Å². The van der Waals surface area contributed by atoms with Crippen LogP contribution in [-0.2, 0) is 0 Å². The van der Waals surface area contributed by atoms with E-state index in [9.17, 15) is 9.18 Å². The molecule has 0 aliphatic heterocycles. The second-order valence-corrected chi connectivity index (χ2v) is 6.15. The molecule has 0 unspecified atom stereocenters. The minimum atomic E-state index is -0.300. The van der Waals surface area contributed by atoms with Crippen molar-refractivity contribution < 1.29 is 13.9 Å². The van der Waals surface area contributed by atoms with Gasteiger partial charge in [-0.2, -0.15) is 0 Å². The molecule has 0 aliphatic rings. The van der Waals surface area contributed by atoms with Gasteiger partial charge < -0.3 is 9.64 Å². The fraction of sp³-hybridized carbons (Fsp3) is 0.111. The van der Waals surface area contributed by atoms with Crippen LogP contribution in [0.25, 0.3) is 10.4 Å². The lowest BCUT2D eigenvalue weighted by atomic mass is 10.2. The smallest absolute Gasteiger partial charge is 0.268 e. The maximum Gasteiger partial charge on any atom is 0.268 e. The number of thiophene rings is 1. The summed E-state index contributed by atoms with van der Waals surface area (Å²) in [6.07, 6.45) is 1.57. The van der Waals surface area contributed by atoms with E-state index in [2.05, 4.69) is 4.98 Å². The zero-order valence-corrected chi connectivity index (χ0v) is 14.0. The van der Waals surface area contributed by atoms with Crippen molar-refractivity contribution in [2.45, 2.75) is 0 Å². The van der Waals surface area contributed by atoms with E-state index in [0.29, 0.717) is 22.0 Å². The van der Waals surface area contributed by atoms with E-state index in [-0.39, 0.29) is 11.7 Å². The molecule has 122 valence electrons. The van der Waals surface area contributed by atoms with Gasteiger partial charge in [0.15, 0.2) is 0 Å². The number of halogens is 1. The van der Waals surface area contributed by atoms with Gasteiger partial charge in [-0.15, -0.1) is 11.3 Å². The van der Waals surface area contributed by atoms with E-state index in [4.69, 9.17) is 4.74 Å². The van der Waals surface area contributed by atoms with Gasteiger partial charge in [0, 0.05) is 23.6 Å². The van der Waals surface area contributed by atoms with Gasteiger partial charge in [0.25, 0.3) is 5.91 Å². The Balaban J connectivity index is 1.84. The largest absolute Gasteiger partial charge is 0.481 e. The van der Waals surface area contributed by atoms with Crippen LogP contribution in [0.15, 0.2) is 54.7 Å². The molecule has 0 bridgehead atoms. The van der Waals surface area contributed by atoms with E-state index in [1.807, 2.05) is 0 Å². The quantitative estimate of drug-likeness (QED) is 0.712. The molecule has 0 radical (unpaired) electrons. The third kappa shape index (κ3) is 3.14. The molecule has 0 spiro atoms. The number of rotatable bonds is 4. The Kier molecular flexibility index (Phi) is 4.57. The van der Waals surface area contributed by atoms with E-state index in [0.717, 1.165) is 4.88 Å². The highest BCUT2D eigenvalue weighted by Crippen LogP contribution is 2.31. The lowest BCUT2D eigenvalue weighted by molar-refractivity contribution is 0.0996. The fourth-order valence-corrected chi connectivity index (χ4v) is 3.24. The predicted molar refractivity (Wildman–Crippen MR) is 93.2 cm³/mol. The molecule has 0 atom stereocenters. The average Bonchev–Trinajstić information content (AvgIpc) is 3.11. The van der Waals surface area contributed by atoms with Gasteiger partial charge in [-0.1, -0.05) is 18.2 Å². The summed E-state index contributed by atoms with van der Waals surface area (Å²) in [4.78, 5) is 19.5. The molecule has 3 aromatic rings. The minimum Gasteiger partial charge on any atom is -0.481 e. The molecule has 2 heterocycles. The van der Waals surface area contributed by atoms with E-state index in [1.54, 1.807) is 55.7 Å². The summed E-state index contributed by atoms with van der Waals surface area (Å²) in [6.45, 7) is 0. The predicted octanol–water partition coefficient (Wildman–Crippen LogP) is 4.23. The molecular weight excluding hydrogens is 327 g/mol. The standard InChI is InChI=1S/C18H15FN2O2S/c1-21(12-7-10-17(23-2)20-11-12)18(22)16-9-8-15(24-16)13-5-3-4-6-14(13)19/h3-11H,1-2H3. The summed E-state index contributed by atoms with van der Waals surface area (Å²) in [5, 5.41) is 0. The SMILES string of the molecule is COc1ccc(N(C)C(=O)c2ccc(-c3ccccc3F)s2)cn1. The number of hydrogen-bond donors (Lipinski definition) is 0. The zero-order chi connectivity index (χ0) is 17.1. The number of carbonyl (C=O) groups is 1. The molecule has 6 heteroatoms. The molecule has 0 aliphatic carbocycles. The summed E-state index contributed by atoms with van der Waals surface area (Å²) in [5.74, 6) is 0.0122. The maximum atomic E-state index is 13.9. The molecule has 2 aromatic heterocycles. The Labute approximate surface area is 143 Å². The van der Waals surface area contributed by atoms with Crippen LogP contribution in [0, 0.1) is 5.82 Å². The van der Waals surface area contributed by atoms with Crippen molar-refractivity contribution in [2.75, 3.05) is 19.1 Å². The Hall–Kier alpha value is -2.73. The van der Waals surface area contributed by atoms with Gasteiger partial charge in [0.1, 0.15) is 5.82 Å². The van der Waals surface area contributed by atoms with E-state index in [1.165, 1.54) is 29.4 Å². The molecule has 0 fully saturated rings. The first-order chi connectivity index (χ1) is 11.6. The number of nitrogens with zero attached hydrogens (tertiary/aromatic N) is 2. The lowest BCUT2D eigenvalue weighted by Gasteiger charge is -2.16. The van der Waals surface area contributed by atoms with Crippen LogP contribution < -0.4 is 9.64 Å². The molecule has 0 saturated carbocycles. The van der Waals surface area contributed by atoms with Crippen molar-refractivity contribution >= 4 is 22.9 Å². The highest BCUT2D eigenvalue weighted by atomic mass is 32.1. The summed E-state index contributed by atoms with van der Waals surface area (Å²) in [5.41, 5.74) is 1.15. The maximum absolute atomic E-state index is 13.9. The molecule has 4 nitrogen and oxygen atoms in total. The van der Waals surface area contributed by atoms with Crippen LogP contribution in [0.5, 0.6) is 5.88 Å². The lowest BCUT2D eigenvalue weighted by Crippen LogP contribution is -2.25. The van der Waals surface area contributed by atoms with Crippen LogP contribution in [-0.4, -0.2) is 25.0 Å². The number of amides is 1. The first-order valence-electron chi connectivity index (χ1n) is 7.23. The number of methoxy groups -OCH3 is 1. The Bertz CT molecular complexity index is 861. The first kappa shape index (κ1) is 16.1. The Morgan fingerprint density at radius 3 is 2.62 bits per heavy atom. The second-order valence-electron chi connectivity index (χ2n) is 5.07. The Morgan fingerprint density at radius 1 is 1.17 bits per heavy atom. The first-order valence-corrected chi connectivity index (χ1v) is 8.04. The number of benzene rings is 1. The minimum absolute atomic E-state index is 0.172. The van der Waals surface area contributed by atoms with E-state index < -0.39 is 0 Å². The van der Waals surface area contributed by atoms with Crippen molar-refractivity contribution in [3.8, 4) is 16.3 Å². The van der Waals surface area contributed by atoms with Gasteiger partial charge in [-0.05, 0) is 24.3 Å². The molecule has 0 saturated heterocycles. The van der Waals surface area contributed by atoms with Crippen molar-refractivity contribution in [2.24, 2.45) is 0 Å². The zero-order valence-electron chi connectivity index (χ0n) is 13.2. The summed E-state index contributed by atoms with van der Waals surface area (Å²) < 4.78 is 18.9. The van der Waals surface area contributed by atoms with Gasteiger partial charge in [0.05, 0.1) is 23.9 Å². The number of anilines is 1. The number of ether oxygens (including phenoxy) is 1. The van der Waals surface area contributed by atoms with Crippen molar-refractivity contribution in [1.82, 2.24) is 4.98 Å². The summed E-state index contributed by atoms with van der Waals surface area (Å²) in [7, 11) is 3.21. The molecule has 1 aromatic carbocycles. The number of pyridine rings is 1. The molecule has 3 rings (SSSR count). The third-order valence-corrected chi connectivity index (χ3v) is 4.68. The van der Waals surface area contributed by atoms with E-state index >= 15 is 0 Å². The molecule has 24 heavy (non-hydrogen) atoms. The number of hydrogen-bond acceptors (Lipinski definition) is 4. The van der Waals surface area contributed by atoms with Gasteiger partial charge in [-0.25, -0.2) is 9.37 Å². The molecule has 1 amide bonds. The summed E-state index contributed by atoms with van der Waals surface area (Å²) in [6, 6.07) is 13.4. The third-order valence-electron chi connectivity index (χ3n) is 3.58. The monoisotopic (exact) mass is 342 g/mol. The van der Waals surface area contributed by atoms with Crippen molar-refractivity contribution in [1.29, 1.82) is 0 Å². The van der Waals surface area contributed by atoms with Crippen LogP contribution in [0.1, 0.15) is 9.67 Å². The normalized spacial score (nSPS) is 10.5. The fourth-order valence-electron chi connectivity index (χ4n) is 2.23. The number of carbonyl (C=O) groups excluding carboxylic acids is 1.